The van der Waals surface area contributed by atoms with Crippen molar-refractivity contribution in [1.82, 2.24) is 4.98 Å². The molecule has 2 aromatic carbocycles. The molecule has 1 aromatic heterocycles. The molecule has 0 aliphatic heterocycles. The van der Waals surface area contributed by atoms with Crippen molar-refractivity contribution in [2.75, 3.05) is 5.32 Å². The molecule has 0 saturated carbocycles. The van der Waals surface area contributed by atoms with Crippen LogP contribution >= 0.6 is 11.8 Å². The monoisotopic (exact) mass is 392 g/mol. The predicted octanol–water partition coefficient (Wildman–Crippen LogP) is 6.39. The molecule has 3 aromatic rings. The SMILES string of the molecule is CC(C)(C)OC(=O)Nc1c(SCc2ccccc2)cncc1-c1ccccc1. The van der Waals surface area contributed by atoms with Gasteiger partial charge in [0.15, 0.2) is 0 Å². The van der Waals surface area contributed by atoms with Crippen LogP contribution in [-0.2, 0) is 10.5 Å². The third-order valence-corrected chi connectivity index (χ3v) is 4.96. The van der Waals surface area contributed by atoms with Gasteiger partial charge in [-0.2, -0.15) is 0 Å². The topological polar surface area (TPSA) is 51.2 Å². The van der Waals surface area contributed by atoms with Gasteiger partial charge in [-0.15, -0.1) is 11.8 Å². The van der Waals surface area contributed by atoms with Crippen LogP contribution in [0, 0.1) is 0 Å². The highest BCUT2D eigenvalue weighted by Gasteiger charge is 2.20. The summed E-state index contributed by atoms with van der Waals surface area (Å²) >= 11 is 1.64. The average molecular weight is 393 g/mol. The predicted molar refractivity (Wildman–Crippen MR) is 116 cm³/mol. The lowest BCUT2D eigenvalue weighted by atomic mass is 10.1. The summed E-state index contributed by atoms with van der Waals surface area (Å²) in [6.07, 6.45) is 3.08. The number of rotatable bonds is 5. The van der Waals surface area contributed by atoms with Gasteiger partial charge in [-0.25, -0.2) is 4.79 Å². The second-order valence-corrected chi connectivity index (χ2v) is 8.34. The molecule has 0 saturated heterocycles. The zero-order valence-electron chi connectivity index (χ0n) is 16.3. The lowest BCUT2D eigenvalue weighted by molar-refractivity contribution is 0.0635. The van der Waals surface area contributed by atoms with Gasteiger partial charge in [0.1, 0.15) is 5.60 Å². The molecule has 3 rings (SSSR count). The number of amides is 1. The maximum absolute atomic E-state index is 12.5. The molecule has 28 heavy (non-hydrogen) atoms. The highest BCUT2D eigenvalue weighted by molar-refractivity contribution is 7.98. The fourth-order valence-corrected chi connectivity index (χ4v) is 3.61. The first kappa shape index (κ1) is 20.0. The zero-order chi connectivity index (χ0) is 20.0. The Balaban J connectivity index is 1.92. The van der Waals surface area contributed by atoms with Crippen LogP contribution in [0.2, 0.25) is 0 Å². The number of anilines is 1. The minimum absolute atomic E-state index is 0.475. The smallest absolute Gasteiger partial charge is 0.412 e. The van der Waals surface area contributed by atoms with Gasteiger partial charge in [-0.05, 0) is 31.9 Å². The molecule has 0 spiro atoms. The summed E-state index contributed by atoms with van der Waals surface area (Å²) in [4.78, 5) is 17.8. The van der Waals surface area contributed by atoms with Crippen LogP contribution in [0.15, 0.2) is 78.0 Å². The van der Waals surface area contributed by atoms with Crippen molar-refractivity contribution in [3.63, 3.8) is 0 Å². The molecule has 144 valence electrons. The van der Waals surface area contributed by atoms with Crippen molar-refractivity contribution >= 4 is 23.5 Å². The Morgan fingerprint density at radius 1 is 1.00 bits per heavy atom. The van der Waals surface area contributed by atoms with E-state index in [1.807, 2.05) is 69.3 Å². The summed E-state index contributed by atoms with van der Waals surface area (Å²) in [5.74, 6) is 0.782. The molecule has 4 nitrogen and oxygen atoms in total. The van der Waals surface area contributed by atoms with Crippen LogP contribution in [-0.4, -0.2) is 16.7 Å². The third-order valence-electron chi connectivity index (χ3n) is 3.86. The summed E-state index contributed by atoms with van der Waals surface area (Å²) in [7, 11) is 0. The Morgan fingerprint density at radius 2 is 1.64 bits per heavy atom. The number of carbonyl (C=O) groups excluding carboxylic acids is 1. The van der Waals surface area contributed by atoms with Gasteiger partial charge in [0.2, 0.25) is 0 Å². The Kier molecular flexibility index (Phi) is 6.37. The second-order valence-electron chi connectivity index (χ2n) is 7.33. The first-order valence-electron chi connectivity index (χ1n) is 9.12. The van der Waals surface area contributed by atoms with Crippen molar-refractivity contribution in [2.45, 2.75) is 37.0 Å². The minimum atomic E-state index is -0.568. The highest BCUT2D eigenvalue weighted by Crippen LogP contribution is 2.37. The molecule has 1 N–H and O–H groups in total. The largest absolute Gasteiger partial charge is 0.444 e. The number of benzene rings is 2. The van der Waals surface area contributed by atoms with E-state index in [9.17, 15) is 4.79 Å². The average Bonchev–Trinajstić information content (AvgIpc) is 2.67. The van der Waals surface area contributed by atoms with Gasteiger partial charge < -0.3 is 4.74 Å². The van der Waals surface area contributed by atoms with Gasteiger partial charge in [-0.1, -0.05) is 60.7 Å². The van der Waals surface area contributed by atoms with Gasteiger partial charge in [0.25, 0.3) is 0 Å². The van der Waals surface area contributed by atoms with Crippen LogP contribution in [0.4, 0.5) is 10.5 Å². The van der Waals surface area contributed by atoms with Crippen molar-refractivity contribution in [2.24, 2.45) is 0 Å². The Morgan fingerprint density at radius 3 is 2.29 bits per heavy atom. The summed E-state index contributed by atoms with van der Waals surface area (Å²) in [6, 6.07) is 20.1. The Hall–Kier alpha value is -2.79. The quantitative estimate of drug-likeness (QED) is 0.511. The van der Waals surface area contributed by atoms with E-state index in [0.717, 1.165) is 27.5 Å². The zero-order valence-corrected chi connectivity index (χ0v) is 17.1. The number of nitrogens with zero attached hydrogens (tertiary/aromatic N) is 1. The van der Waals surface area contributed by atoms with Gasteiger partial charge in [-0.3, -0.25) is 10.3 Å². The fourth-order valence-electron chi connectivity index (χ4n) is 2.66. The van der Waals surface area contributed by atoms with E-state index in [0.29, 0.717) is 0 Å². The first-order chi connectivity index (χ1) is 13.4. The number of hydrogen-bond acceptors (Lipinski definition) is 4. The number of carbonyl (C=O) groups is 1. The number of aromatic nitrogens is 1. The number of thioether (sulfide) groups is 1. The third kappa shape index (κ3) is 5.60. The highest BCUT2D eigenvalue weighted by atomic mass is 32.2. The molecule has 0 unspecified atom stereocenters. The number of hydrogen-bond donors (Lipinski definition) is 1. The minimum Gasteiger partial charge on any atom is -0.444 e. The molecule has 1 heterocycles. The van der Waals surface area contributed by atoms with Crippen molar-refractivity contribution in [1.29, 1.82) is 0 Å². The van der Waals surface area contributed by atoms with E-state index >= 15 is 0 Å². The van der Waals surface area contributed by atoms with Crippen LogP contribution in [0.1, 0.15) is 26.3 Å². The van der Waals surface area contributed by atoms with Crippen LogP contribution in [0.5, 0.6) is 0 Å². The van der Waals surface area contributed by atoms with Crippen molar-refractivity contribution < 1.29 is 9.53 Å². The molecule has 0 aliphatic carbocycles. The molecular weight excluding hydrogens is 368 g/mol. The Labute approximate surface area is 170 Å². The van der Waals surface area contributed by atoms with Gasteiger partial charge >= 0.3 is 6.09 Å². The Bertz CT molecular complexity index is 922. The fraction of sp³-hybridized carbons (Fsp3) is 0.217. The summed E-state index contributed by atoms with van der Waals surface area (Å²) in [6.45, 7) is 5.55. The van der Waals surface area contributed by atoms with E-state index in [-0.39, 0.29) is 0 Å². The van der Waals surface area contributed by atoms with Crippen LogP contribution in [0.25, 0.3) is 11.1 Å². The molecule has 1 amide bonds. The van der Waals surface area contributed by atoms with E-state index in [1.54, 1.807) is 24.2 Å². The van der Waals surface area contributed by atoms with E-state index in [4.69, 9.17) is 4.74 Å². The molecule has 0 fully saturated rings. The van der Waals surface area contributed by atoms with Crippen molar-refractivity contribution in [3.05, 3.63) is 78.6 Å². The van der Waals surface area contributed by atoms with E-state index in [1.165, 1.54) is 5.56 Å². The molecule has 5 heteroatoms. The molecule has 0 bridgehead atoms. The van der Waals surface area contributed by atoms with E-state index in [2.05, 4.69) is 22.4 Å². The molecular formula is C23H24N2O2S. The number of nitrogens with one attached hydrogen (secondary N) is 1. The van der Waals surface area contributed by atoms with Gasteiger partial charge in [0, 0.05) is 23.7 Å². The lowest BCUT2D eigenvalue weighted by Crippen LogP contribution is -2.27. The number of pyridine rings is 1. The van der Waals surface area contributed by atoms with Crippen molar-refractivity contribution in [3.8, 4) is 11.1 Å². The van der Waals surface area contributed by atoms with Crippen LogP contribution < -0.4 is 5.32 Å². The normalized spacial score (nSPS) is 11.1. The summed E-state index contributed by atoms with van der Waals surface area (Å²) in [5.41, 5.74) is 3.21. The first-order valence-corrected chi connectivity index (χ1v) is 10.1. The summed E-state index contributed by atoms with van der Waals surface area (Å²) in [5, 5.41) is 2.95. The molecule has 0 aliphatic rings. The van der Waals surface area contributed by atoms with Crippen LogP contribution in [0.3, 0.4) is 0 Å². The standard InChI is InChI=1S/C23H24N2O2S/c1-23(2,3)27-22(26)25-21-19(18-12-8-5-9-13-18)14-24-15-20(21)28-16-17-10-6-4-7-11-17/h4-15H,16H2,1-3H3,(H,24,25,26). The lowest BCUT2D eigenvalue weighted by Gasteiger charge is -2.21. The maximum Gasteiger partial charge on any atom is 0.412 e. The number of ether oxygens (including phenoxy) is 1. The van der Waals surface area contributed by atoms with Gasteiger partial charge in [0.05, 0.1) is 10.6 Å². The molecule has 0 atom stereocenters. The summed E-state index contributed by atoms with van der Waals surface area (Å²) < 4.78 is 5.47. The molecule has 0 radical (unpaired) electrons. The maximum atomic E-state index is 12.5. The second kappa shape index (κ2) is 8.93. The van der Waals surface area contributed by atoms with E-state index < -0.39 is 11.7 Å².